The summed E-state index contributed by atoms with van der Waals surface area (Å²) in [5.74, 6) is 0.697. The first-order valence-electron chi connectivity index (χ1n) is 10.2. The largest absolute Gasteiger partial charge is 0.489 e. The minimum absolute atomic E-state index is 0.0508. The van der Waals surface area contributed by atoms with Crippen LogP contribution in [-0.2, 0) is 22.6 Å². The van der Waals surface area contributed by atoms with Gasteiger partial charge in [-0.15, -0.1) is 6.58 Å². The van der Waals surface area contributed by atoms with Crippen molar-refractivity contribution in [3.63, 3.8) is 0 Å². The summed E-state index contributed by atoms with van der Waals surface area (Å²) >= 11 is 0. The maximum atomic E-state index is 12.6. The first kappa shape index (κ1) is 23.2. The third kappa shape index (κ3) is 8.52. The number of ketones is 1. The summed E-state index contributed by atoms with van der Waals surface area (Å²) in [5.41, 5.74) is 1.39. The SMILES string of the molecule is C=CCCC(=O)[C@H](Cc1ccc(OCc2ccccc2)cc1)NC(=O)OC(C)(C)C. The van der Waals surface area contributed by atoms with Crippen molar-refractivity contribution in [1.29, 1.82) is 0 Å². The fourth-order valence-corrected chi connectivity index (χ4v) is 2.81. The molecule has 0 spiro atoms. The molecule has 5 heteroatoms. The predicted molar refractivity (Wildman–Crippen MR) is 119 cm³/mol. The van der Waals surface area contributed by atoms with Gasteiger partial charge in [0.1, 0.15) is 18.0 Å². The van der Waals surface area contributed by atoms with E-state index in [2.05, 4.69) is 11.9 Å². The van der Waals surface area contributed by atoms with Gasteiger partial charge in [-0.2, -0.15) is 0 Å². The average Bonchev–Trinajstić information content (AvgIpc) is 2.70. The van der Waals surface area contributed by atoms with Gasteiger partial charge in [-0.3, -0.25) is 4.79 Å². The normalized spacial score (nSPS) is 12.0. The van der Waals surface area contributed by atoms with Crippen molar-refractivity contribution in [3.8, 4) is 5.75 Å². The van der Waals surface area contributed by atoms with E-state index < -0.39 is 17.7 Å². The molecule has 160 valence electrons. The molecular weight excluding hydrogens is 378 g/mol. The van der Waals surface area contributed by atoms with Crippen molar-refractivity contribution in [2.45, 2.75) is 58.3 Å². The molecular formula is C25H31NO4. The number of allylic oxidation sites excluding steroid dienone is 1. The highest BCUT2D eigenvalue weighted by Gasteiger charge is 2.24. The smallest absolute Gasteiger partial charge is 0.408 e. The number of rotatable bonds is 10. The average molecular weight is 410 g/mol. The highest BCUT2D eigenvalue weighted by atomic mass is 16.6. The molecule has 2 rings (SSSR count). The topological polar surface area (TPSA) is 64.6 Å². The minimum atomic E-state index is -0.657. The van der Waals surface area contributed by atoms with Crippen LogP contribution in [0.2, 0.25) is 0 Å². The van der Waals surface area contributed by atoms with Crippen LogP contribution in [0.5, 0.6) is 5.75 Å². The third-order valence-electron chi connectivity index (χ3n) is 4.29. The maximum Gasteiger partial charge on any atom is 0.408 e. The summed E-state index contributed by atoms with van der Waals surface area (Å²) in [6, 6.07) is 16.8. The zero-order valence-electron chi connectivity index (χ0n) is 18.0. The number of benzene rings is 2. The fourth-order valence-electron chi connectivity index (χ4n) is 2.81. The molecule has 5 nitrogen and oxygen atoms in total. The van der Waals surface area contributed by atoms with Crippen LogP contribution in [0.1, 0.15) is 44.7 Å². The number of carbonyl (C=O) groups is 2. The van der Waals surface area contributed by atoms with Crippen LogP contribution >= 0.6 is 0 Å². The van der Waals surface area contributed by atoms with Gasteiger partial charge in [0.25, 0.3) is 0 Å². The van der Waals surface area contributed by atoms with E-state index in [-0.39, 0.29) is 5.78 Å². The Bertz CT molecular complexity index is 822. The Labute approximate surface area is 179 Å². The van der Waals surface area contributed by atoms with Gasteiger partial charge in [0.05, 0.1) is 6.04 Å². The van der Waals surface area contributed by atoms with E-state index in [1.54, 1.807) is 26.8 Å². The molecule has 0 aliphatic carbocycles. The summed E-state index contributed by atoms with van der Waals surface area (Å²) in [5, 5.41) is 2.72. The maximum absolute atomic E-state index is 12.6. The predicted octanol–water partition coefficient (Wildman–Crippen LogP) is 5.24. The zero-order chi connectivity index (χ0) is 22.0. The molecule has 0 fully saturated rings. The second-order valence-electron chi connectivity index (χ2n) is 8.11. The summed E-state index contributed by atoms with van der Waals surface area (Å²) in [6.45, 7) is 9.51. The van der Waals surface area contributed by atoms with E-state index in [9.17, 15) is 9.59 Å². The van der Waals surface area contributed by atoms with Crippen molar-refractivity contribution in [3.05, 3.63) is 78.4 Å². The second-order valence-corrected chi connectivity index (χ2v) is 8.11. The van der Waals surface area contributed by atoms with Crippen molar-refractivity contribution < 1.29 is 19.1 Å². The highest BCUT2D eigenvalue weighted by molar-refractivity contribution is 5.87. The van der Waals surface area contributed by atoms with Gasteiger partial charge in [-0.05, 0) is 56.9 Å². The number of hydrogen-bond acceptors (Lipinski definition) is 4. The van der Waals surface area contributed by atoms with Crippen molar-refractivity contribution >= 4 is 11.9 Å². The Hall–Kier alpha value is -3.08. The molecule has 1 N–H and O–H groups in total. The summed E-state index contributed by atoms with van der Waals surface area (Å²) in [6.07, 6.45) is 2.37. The molecule has 0 unspecified atom stereocenters. The van der Waals surface area contributed by atoms with E-state index in [1.807, 2.05) is 54.6 Å². The lowest BCUT2D eigenvalue weighted by molar-refractivity contribution is -0.121. The summed E-state index contributed by atoms with van der Waals surface area (Å²) < 4.78 is 11.1. The molecule has 0 aliphatic heterocycles. The van der Waals surface area contributed by atoms with Gasteiger partial charge < -0.3 is 14.8 Å². The molecule has 0 aliphatic rings. The van der Waals surface area contributed by atoms with Crippen molar-refractivity contribution in [2.75, 3.05) is 0 Å². The standard InChI is InChI=1S/C25H31NO4/c1-5-6-12-23(27)22(26-24(28)30-25(2,3)4)17-19-13-15-21(16-14-19)29-18-20-10-8-7-9-11-20/h5,7-11,13-16,22H,1,6,12,17-18H2,2-4H3,(H,26,28)/t22-/m0/s1. The van der Waals surface area contributed by atoms with E-state index in [0.29, 0.717) is 25.9 Å². The van der Waals surface area contributed by atoms with Crippen LogP contribution in [0.4, 0.5) is 4.79 Å². The molecule has 30 heavy (non-hydrogen) atoms. The number of carbonyl (C=O) groups excluding carboxylic acids is 2. The van der Waals surface area contributed by atoms with Crippen molar-refractivity contribution in [2.24, 2.45) is 0 Å². The van der Waals surface area contributed by atoms with Gasteiger partial charge in [0.15, 0.2) is 5.78 Å². The quantitative estimate of drug-likeness (QED) is 0.545. The molecule has 0 saturated carbocycles. The van der Waals surface area contributed by atoms with E-state index in [1.165, 1.54) is 0 Å². The van der Waals surface area contributed by atoms with Gasteiger partial charge in [-0.1, -0.05) is 48.5 Å². The minimum Gasteiger partial charge on any atom is -0.489 e. The summed E-state index contributed by atoms with van der Waals surface area (Å²) in [4.78, 5) is 24.8. The number of nitrogens with one attached hydrogen (secondary N) is 1. The molecule has 1 amide bonds. The van der Waals surface area contributed by atoms with Gasteiger partial charge in [0, 0.05) is 6.42 Å². The number of alkyl carbamates (subject to hydrolysis) is 1. The Kier molecular flexibility index (Phi) is 8.66. The molecule has 2 aromatic rings. The molecule has 0 bridgehead atoms. The van der Waals surface area contributed by atoms with Crippen LogP contribution in [0.3, 0.4) is 0 Å². The monoisotopic (exact) mass is 409 g/mol. The van der Waals surface area contributed by atoms with Crippen LogP contribution < -0.4 is 10.1 Å². The molecule has 0 aromatic heterocycles. The number of amides is 1. The Morgan fingerprint density at radius 2 is 1.70 bits per heavy atom. The van der Waals surface area contributed by atoms with Crippen molar-refractivity contribution in [1.82, 2.24) is 5.32 Å². The van der Waals surface area contributed by atoms with E-state index >= 15 is 0 Å². The first-order valence-corrected chi connectivity index (χ1v) is 10.2. The molecule has 1 atom stereocenters. The van der Waals surface area contributed by atoms with Gasteiger partial charge in [-0.25, -0.2) is 4.79 Å². The zero-order valence-corrected chi connectivity index (χ0v) is 18.0. The molecule has 0 saturated heterocycles. The molecule has 2 aromatic carbocycles. The first-order chi connectivity index (χ1) is 14.3. The Morgan fingerprint density at radius 1 is 1.03 bits per heavy atom. The van der Waals surface area contributed by atoms with Gasteiger partial charge in [0.2, 0.25) is 0 Å². The summed E-state index contributed by atoms with van der Waals surface area (Å²) in [7, 11) is 0. The lowest BCUT2D eigenvalue weighted by Gasteiger charge is -2.23. The highest BCUT2D eigenvalue weighted by Crippen LogP contribution is 2.16. The van der Waals surface area contributed by atoms with E-state index in [4.69, 9.17) is 9.47 Å². The number of Topliss-reactive ketones (excluding diaryl/α,β-unsaturated/α-hetero) is 1. The Balaban J connectivity index is 2.00. The number of ether oxygens (including phenoxy) is 2. The fraction of sp³-hybridized carbons (Fsp3) is 0.360. The number of hydrogen-bond donors (Lipinski definition) is 1. The molecule has 0 radical (unpaired) electrons. The lowest BCUT2D eigenvalue weighted by Crippen LogP contribution is -2.44. The van der Waals surface area contributed by atoms with Gasteiger partial charge >= 0.3 is 6.09 Å². The molecule has 0 heterocycles. The Morgan fingerprint density at radius 3 is 2.30 bits per heavy atom. The van der Waals surface area contributed by atoms with Crippen LogP contribution in [0.15, 0.2) is 67.3 Å². The van der Waals surface area contributed by atoms with Crippen LogP contribution in [0, 0.1) is 0 Å². The second kappa shape index (κ2) is 11.2. The van der Waals surface area contributed by atoms with Crippen LogP contribution in [-0.4, -0.2) is 23.5 Å². The van der Waals surface area contributed by atoms with E-state index in [0.717, 1.165) is 16.9 Å². The van der Waals surface area contributed by atoms with Crippen LogP contribution in [0.25, 0.3) is 0 Å². The lowest BCUT2D eigenvalue weighted by atomic mass is 9.99. The third-order valence-corrected chi connectivity index (χ3v) is 4.29.